The Kier molecular flexibility index (Phi) is 3.47. The Labute approximate surface area is 104 Å². The van der Waals surface area contributed by atoms with E-state index in [4.69, 9.17) is 9.84 Å². The van der Waals surface area contributed by atoms with E-state index in [1.807, 2.05) is 6.92 Å². The molecule has 2 N–H and O–H groups in total. The first kappa shape index (κ1) is 12.8. The Balaban J connectivity index is 2.23. The summed E-state index contributed by atoms with van der Waals surface area (Å²) in [6.45, 7) is 3.15. The molecule has 0 saturated carbocycles. The highest BCUT2D eigenvalue weighted by molar-refractivity contribution is 5.88. The highest BCUT2D eigenvalue weighted by atomic mass is 19.1. The van der Waals surface area contributed by atoms with Gasteiger partial charge in [0.15, 0.2) is 11.6 Å². The van der Waals surface area contributed by atoms with Gasteiger partial charge in [0, 0.05) is 24.9 Å². The molecule has 6 heteroatoms. The molecule has 98 valence electrons. The van der Waals surface area contributed by atoms with Crippen LogP contribution in [0.4, 0.5) is 10.2 Å². The van der Waals surface area contributed by atoms with Crippen molar-refractivity contribution in [3.63, 3.8) is 0 Å². The lowest BCUT2D eigenvalue weighted by molar-refractivity contribution is 0.0652. The van der Waals surface area contributed by atoms with Crippen molar-refractivity contribution in [3.8, 4) is 0 Å². The third-order valence-electron chi connectivity index (χ3n) is 3.14. The minimum atomic E-state index is -1.30. The molecule has 0 aromatic carbocycles. The van der Waals surface area contributed by atoms with Crippen LogP contribution in [0.2, 0.25) is 0 Å². The maximum absolute atomic E-state index is 13.9. The lowest BCUT2D eigenvalue weighted by Crippen LogP contribution is -2.41. The van der Waals surface area contributed by atoms with Crippen molar-refractivity contribution in [1.29, 1.82) is 0 Å². The zero-order valence-electron chi connectivity index (χ0n) is 10.1. The molecule has 1 aromatic heterocycles. The van der Waals surface area contributed by atoms with E-state index in [2.05, 4.69) is 10.3 Å². The van der Waals surface area contributed by atoms with Gasteiger partial charge in [0.1, 0.15) is 5.56 Å². The minimum Gasteiger partial charge on any atom is -0.478 e. The predicted octanol–water partition coefficient (Wildman–Crippen LogP) is 1.90. The molecule has 0 spiro atoms. The van der Waals surface area contributed by atoms with Crippen LogP contribution in [0, 0.1) is 5.82 Å². The molecule has 1 aromatic rings. The van der Waals surface area contributed by atoms with E-state index in [-0.39, 0.29) is 16.9 Å². The monoisotopic (exact) mass is 254 g/mol. The molecule has 1 aliphatic heterocycles. The molecule has 0 atom stereocenters. The number of aromatic carboxylic acids is 1. The molecule has 5 nitrogen and oxygen atoms in total. The Hall–Kier alpha value is -1.69. The van der Waals surface area contributed by atoms with Gasteiger partial charge in [0.25, 0.3) is 0 Å². The number of pyridine rings is 1. The smallest absolute Gasteiger partial charge is 0.338 e. The van der Waals surface area contributed by atoms with Gasteiger partial charge >= 0.3 is 5.97 Å². The molecule has 18 heavy (non-hydrogen) atoms. The number of anilines is 1. The first-order chi connectivity index (χ1) is 8.52. The number of hydrogen-bond acceptors (Lipinski definition) is 4. The van der Waals surface area contributed by atoms with Crippen LogP contribution >= 0.6 is 0 Å². The summed E-state index contributed by atoms with van der Waals surface area (Å²) in [5.74, 6) is -2.13. The average molecular weight is 254 g/mol. The summed E-state index contributed by atoms with van der Waals surface area (Å²) in [6.07, 6.45) is 2.74. The van der Waals surface area contributed by atoms with Crippen LogP contribution in [-0.4, -0.2) is 34.8 Å². The van der Waals surface area contributed by atoms with E-state index in [0.29, 0.717) is 13.2 Å². The lowest BCUT2D eigenvalue weighted by Gasteiger charge is -2.35. The van der Waals surface area contributed by atoms with Gasteiger partial charge in [-0.3, -0.25) is 0 Å². The lowest BCUT2D eigenvalue weighted by atomic mass is 9.92. The standard InChI is InChI=1S/C12H15FN2O3/c1-12(3-6-18-7-4-12)15-10-9(13)8(11(16)17)2-5-14-10/h2,5H,3-4,6-7H2,1H3,(H,14,15)(H,16,17). The van der Waals surface area contributed by atoms with E-state index in [9.17, 15) is 9.18 Å². The molecule has 0 aliphatic carbocycles. The number of carbonyl (C=O) groups is 1. The molecule has 0 bridgehead atoms. The first-order valence-corrected chi connectivity index (χ1v) is 5.75. The zero-order chi connectivity index (χ0) is 13.2. The van der Waals surface area contributed by atoms with E-state index in [0.717, 1.165) is 18.9 Å². The van der Waals surface area contributed by atoms with Gasteiger partial charge in [0.2, 0.25) is 0 Å². The molecule has 1 saturated heterocycles. The third-order valence-corrected chi connectivity index (χ3v) is 3.14. The largest absolute Gasteiger partial charge is 0.478 e. The number of halogens is 1. The fourth-order valence-corrected chi connectivity index (χ4v) is 1.93. The van der Waals surface area contributed by atoms with Crippen molar-refractivity contribution in [1.82, 2.24) is 4.98 Å². The fraction of sp³-hybridized carbons (Fsp3) is 0.500. The summed E-state index contributed by atoms with van der Waals surface area (Å²) in [4.78, 5) is 14.7. The number of ether oxygens (including phenoxy) is 1. The second kappa shape index (κ2) is 4.89. The molecule has 2 rings (SSSR count). The molecular weight excluding hydrogens is 239 g/mol. The van der Waals surface area contributed by atoms with Crippen LogP contribution < -0.4 is 5.32 Å². The Morgan fingerprint density at radius 3 is 2.83 bits per heavy atom. The van der Waals surface area contributed by atoms with Crippen LogP contribution in [0.15, 0.2) is 12.3 Å². The maximum atomic E-state index is 13.9. The van der Waals surface area contributed by atoms with Gasteiger partial charge in [-0.25, -0.2) is 14.2 Å². The Morgan fingerprint density at radius 1 is 1.56 bits per heavy atom. The minimum absolute atomic E-state index is 0.0145. The fourth-order valence-electron chi connectivity index (χ4n) is 1.93. The van der Waals surface area contributed by atoms with Crippen LogP contribution in [-0.2, 0) is 4.74 Å². The van der Waals surface area contributed by atoms with Crippen molar-refractivity contribution in [2.75, 3.05) is 18.5 Å². The van der Waals surface area contributed by atoms with Crippen molar-refractivity contribution in [2.24, 2.45) is 0 Å². The number of hydrogen-bond donors (Lipinski definition) is 2. The Morgan fingerprint density at radius 2 is 2.22 bits per heavy atom. The molecule has 0 radical (unpaired) electrons. The average Bonchev–Trinajstić information content (AvgIpc) is 2.32. The normalized spacial score (nSPS) is 18.3. The van der Waals surface area contributed by atoms with Crippen molar-refractivity contribution < 1.29 is 19.0 Å². The highest BCUT2D eigenvalue weighted by Crippen LogP contribution is 2.26. The van der Waals surface area contributed by atoms with Gasteiger partial charge in [-0.2, -0.15) is 0 Å². The van der Waals surface area contributed by atoms with E-state index >= 15 is 0 Å². The SMILES string of the molecule is CC1(Nc2nccc(C(=O)O)c2F)CCOCC1. The number of nitrogens with one attached hydrogen (secondary N) is 1. The summed E-state index contributed by atoms with van der Waals surface area (Å²) >= 11 is 0. The summed E-state index contributed by atoms with van der Waals surface area (Å²) in [6, 6.07) is 1.15. The Bertz CT molecular complexity index is 459. The quantitative estimate of drug-likeness (QED) is 0.862. The highest BCUT2D eigenvalue weighted by Gasteiger charge is 2.29. The molecule has 1 fully saturated rings. The second-order valence-corrected chi connectivity index (χ2v) is 4.62. The number of nitrogens with zero attached hydrogens (tertiary/aromatic N) is 1. The number of carboxylic acid groups (broad SMARTS) is 1. The van der Waals surface area contributed by atoms with Crippen molar-refractivity contribution in [3.05, 3.63) is 23.6 Å². The van der Waals surface area contributed by atoms with Crippen LogP contribution in [0.1, 0.15) is 30.1 Å². The van der Waals surface area contributed by atoms with E-state index in [1.54, 1.807) is 0 Å². The van der Waals surface area contributed by atoms with Crippen LogP contribution in [0.3, 0.4) is 0 Å². The summed E-state index contributed by atoms with van der Waals surface area (Å²) in [5, 5.41) is 11.8. The topological polar surface area (TPSA) is 71.5 Å². The first-order valence-electron chi connectivity index (χ1n) is 5.75. The van der Waals surface area contributed by atoms with E-state index < -0.39 is 11.8 Å². The third kappa shape index (κ3) is 2.59. The number of rotatable bonds is 3. The molecular formula is C12H15FN2O3. The molecule has 0 unspecified atom stereocenters. The molecule has 0 amide bonds. The summed E-state index contributed by atoms with van der Waals surface area (Å²) in [5.41, 5.74) is -0.688. The van der Waals surface area contributed by atoms with Gasteiger partial charge in [-0.1, -0.05) is 0 Å². The zero-order valence-corrected chi connectivity index (χ0v) is 10.1. The second-order valence-electron chi connectivity index (χ2n) is 4.62. The summed E-state index contributed by atoms with van der Waals surface area (Å²) in [7, 11) is 0. The van der Waals surface area contributed by atoms with Crippen molar-refractivity contribution in [2.45, 2.75) is 25.3 Å². The number of aromatic nitrogens is 1. The van der Waals surface area contributed by atoms with Gasteiger partial charge in [0.05, 0.1) is 0 Å². The summed E-state index contributed by atoms with van der Waals surface area (Å²) < 4.78 is 19.2. The van der Waals surface area contributed by atoms with Gasteiger partial charge < -0.3 is 15.2 Å². The molecule has 2 heterocycles. The van der Waals surface area contributed by atoms with Crippen LogP contribution in [0.25, 0.3) is 0 Å². The predicted molar refractivity (Wildman–Crippen MR) is 63.2 cm³/mol. The van der Waals surface area contributed by atoms with Crippen molar-refractivity contribution >= 4 is 11.8 Å². The van der Waals surface area contributed by atoms with Gasteiger partial charge in [-0.15, -0.1) is 0 Å². The van der Waals surface area contributed by atoms with E-state index in [1.165, 1.54) is 6.20 Å². The molecule has 1 aliphatic rings. The maximum Gasteiger partial charge on any atom is 0.338 e. The van der Waals surface area contributed by atoms with Gasteiger partial charge in [-0.05, 0) is 25.8 Å². The number of carboxylic acids is 1. The van der Waals surface area contributed by atoms with Crippen LogP contribution in [0.5, 0.6) is 0 Å².